The van der Waals surface area contributed by atoms with Gasteiger partial charge in [0.25, 0.3) is 0 Å². The van der Waals surface area contributed by atoms with E-state index in [-0.39, 0.29) is 12.5 Å². The van der Waals surface area contributed by atoms with Crippen molar-refractivity contribution < 1.29 is 24.2 Å². The smallest absolute Gasteiger partial charge is 0.410 e. The van der Waals surface area contributed by atoms with E-state index in [1.54, 1.807) is 7.05 Å². The van der Waals surface area contributed by atoms with Crippen molar-refractivity contribution in [3.05, 3.63) is 35.9 Å². The molecule has 0 saturated heterocycles. The molecule has 8 nitrogen and oxygen atoms in total. The molecule has 1 aromatic carbocycles. The van der Waals surface area contributed by atoms with Crippen molar-refractivity contribution in [2.75, 3.05) is 20.1 Å². The molecule has 0 heterocycles. The van der Waals surface area contributed by atoms with Crippen LogP contribution in [0.2, 0.25) is 0 Å². The molecular formula is C26H41N3O5. The van der Waals surface area contributed by atoms with E-state index in [0.717, 1.165) is 31.2 Å². The highest BCUT2D eigenvalue weighted by molar-refractivity contribution is 5.85. The molecule has 3 amide bonds. The zero-order chi connectivity index (χ0) is 25.1. The van der Waals surface area contributed by atoms with Gasteiger partial charge in [0.1, 0.15) is 11.6 Å². The van der Waals surface area contributed by atoms with Crippen LogP contribution in [0.4, 0.5) is 9.59 Å². The maximum atomic E-state index is 13.2. The maximum absolute atomic E-state index is 13.2. The lowest BCUT2D eigenvalue weighted by atomic mass is 9.84. The third-order valence-electron chi connectivity index (χ3n) is 6.08. The highest BCUT2D eigenvalue weighted by atomic mass is 16.6. The van der Waals surface area contributed by atoms with Crippen molar-refractivity contribution in [2.45, 2.75) is 83.9 Å². The van der Waals surface area contributed by atoms with Crippen molar-refractivity contribution >= 4 is 18.1 Å². The Hall–Kier alpha value is -2.77. The van der Waals surface area contributed by atoms with Crippen LogP contribution < -0.4 is 5.32 Å². The van der Waals surface area contributed by atoms with Gasteiger partial charge in [-0.15, -0.1) is 0 Å². The molecule has 1 atom stereocenters. The molecule has 0 aromatic heterocycles. The van der Waals surface area contributed by atoms with E-state index >= 15 is 0 Å². The van der Waals surface area contributed by atoms with Crippen molar-refractivity contribution in [3.8, 4) is 0 Å². The van der Waals surface area contributed by atoms with Gasteiger partial charge < -0.3 is 20.1 Å². The highest BCUT2D eigenvalue weighted by Crippen LogP contribution is 2.29. The molecule has 1 aromatic rings. The molecule has 0 bridgehead atoms. The number of benzene rings is 1. The van der Waals surface area contributed by atoms with Crippen LogP contribution in [-0.4, -0.2) is 64.8 Å². The van der Waals surface area contributed by atoms with Gasteiger partial charge in [-0.2, -0.15) is 0 Å². The predicted octanol–water partition coefficient (Wildman–Crippen LogP) is 4.88. The van der Waals surface area contributed by atoms with Crippen molar-refractivity contribution in [1.29, 1.82) is 0 Å². The quantitative estimate of drug-likeness (QED) is 0.470. The largest absolute Gasteiger partial charge is 0.465 e. The Morgan fingerprint density at radius 2 is 1.76 bits per heavy atom. The number of amides is 3. The minimum absolute atomic E-state index is 0.169. The Kier molecular flexibility index (Phi) is 10.7. The number of hydrogen-bond donors (Lipinski definition) is 2. The summed E-state index contributed by atoms with van der Waals surface area (Å²) in [6.45, 7) is 6.39. The minimum atomic E-state index is -1.09. The van der Waals surface area contributed by atoms with Crippen molar-refractivity contribution in [1.82, 2.24) is 15.1 Å². The van der Waals surface area contributed by atoms with Gasteiger partial charge in [-0.25, -0.2) is 9.59 Å². The first-order valence-electron chi connectivity index (χ1n) is 12.3. The summed E-state index contributed by atoms with van der Waals surface area (Å²) >= 11 is 0. The summed E-state index contributed by atoms with van der Waals surface area (Å²) in [6.07, 6.45) is 5.09. The molecule has 0 aliphatic heterocycles. The topological polar surface area (TPSA) is 99.2 Å². The first-order valence-corrected chi connectivity index (χ1v) is 12.3. The van der Waals surface area contributed by atoms with E-state index in [1.165, 1.54) is 16.2 Å². The molecule has 1 saturated carbocycles. The molecule has 8 heteroatoms. The number of hydrogen-bond acceptors (Lipinski definition) is 4. The second-order valence-corrected chi connectivity index (χ2v) is 10.2. The Labute approximate surface area is 203 Å². The number of carboxylic acid groups (broad SMARTS) is 1. The number of nitrogens with zero attached hydrogens (tertiary/aromatic N) is 2. The SMILES string of the molecule is CN(CCCNC(=O)[C@H](CC1CCCCC1)N(Cc1ccccc1)C(=O)O)C(=O)OC(C)(C)C. The number of rotatable bonds is 10. The minimum Gasteiger partial charge on any atom is -0.465 e. The molecule has 1 fully saturated rings. The second kappa shape index (κ2) is 13.2. The van der Waals surface area contributed by atoms with Crippen LogP contribution in [0.25, 0.3) is 0 Å². The highest BCUT2D eigenvalue weighted by Gasteiger charge is 2.32. The van der Waals surface area contributed by atoms with Crippen LogP contribution in [0.3, 0.4) is 0 Å². The van der Waals surface area contributed by atoms with Crippen LogP contribution in [0.1, 0.15) is 71.3 Å². The summed E-state index contributed by atoms with van der Waals surface area (Å²) in [6, 6.07) is 8.62. The molecule has 34 heavy (non-hydrogen) atoms. The van der Waals surface area contributed by atoms with Gasteiger partial charge in [0, 0.05) is 26.7 Å². The van der Waals surface area contributed by atoms with E-state index in [9.17, 15) is 19.5 Å². The standard InChI is InChI=1S/C26H41N3O5/c1-26(2,3)34-25(33)28(4)17-11-16-27-23(30)22(18-20-12-7-5-8-13-20)29(24(31)32)19-21-14-9-6-10-15-21/h6,9-10,14-15,20,22H,5,7-8,11-13,16-19H2,1-4H3,(H,27,30)(H,31,32)/t22-/m0/s1. The molecule has 0 spiro atoms. The molecular weight excluding hydrogens is 434 g/mol. The first-order chi connectivity index (χ1) is 16.1. The lowest BCUT2D eigenvalue weighted by Crippen LogP contribution is -2.50. The van der Waals surface area contributed by atoms with Gasteiger partial charge >= 0.3 is 12.2 Å². The summed E-state index contributed by atoms with van der Waals surface area (Å²) in [5, 5.41) is 12.9. The fraction of sp³-hybridized carbons (Fsp3) is 0.654. The Morgan fingerprint density at radius 1 is 1.12 bits per heavy atom. The Balaban J connectivity index is 1.99. The Morgan fingerprint density at radius 3 is 2.35 bits per heavy atom. The fourth-order valence-electron chi connectivity index (χ4n) is 4.28. The molecule has 2 rings (SSSR count). The summed E-state index contributed by atoms with van der Waals surface area (Å²) in [5.74, 6) is 0.0734. The van der Waals surface area contributed by atoms with Crippen LogP contribution in [0.5, 0.6) is 0 Å². The normalized spacial score (nSPS) is 15.3. The van der Waals surface area contributed by atoms with Crippen molar-refractivity contribution in [3.63, 3.8) is 0 Å². The van der Waals surface area contributed by atoms with Crippen LogP contribution in [0, 0.1) is 5.92 Å². The van der Waals surface area contributed by atoms with Gasteiger partial charge in [0.05, 0.1) is 0 Å². The van der Waals surface area contributed by atoms with Gasteiger partial charge in [0.2, 0.25) is 5.91 Å². The molecule has 2 N–H and O–H groups in total. The fourth-order valence-corrected chi connectivity index (χ4v) is 4.28. The molecule has 1 aliphatic rings. The number of carbonyl (C=O) groups is 3. The number of carbonyl (C=O) groups excluding carboxylic acids is 2. The van der Waals surface area contributed by atoms with E-state index in [0.29, 0.717) is 31.8 Å². The first kappa shape index (κ1) is 27.5. The van der Waals surface area contributed by atoms with Gasteiger partial charge in [-0.05, 0) is 45.1 Å². The maximum Gasteiger partial charge on any atom is 0.410 e. The van der Waals surface area contributed by atoms with Crippen LogP contribution >= 0.6 is 0 Å². The zero-order valence-corrected chi connectivity index (χ0v) is 21.1. The van der Waals surface area contributed by atoms with E-state index in [1.807, 2.05) is 51.1 Å². The van der Waals surface area contributed by atoms with Crippen molar-refractivity contribution in [2.24, 2.45) is 5.92 Å². The predicted molar refractivity (Wildman–Crippen MR) is 131 cm³/mol. The average molecular weight is 476 g/mol. The van der Waals surface area contributed by atoms with Gasteiger partial charge in [-0.1, -0.05) is 62.4 Å². The summed E-state index contributed by atoms with van der Waals surface area (Å²) in [5.41, 5.74) is 0.288. The third-order valence-corrected chi connectivity index (χ3v) is 6.08. The van der Waals surface area contributed by atoms with E-state index in [2.05, 4.69) is 5.32 Å². The zero-order valence-electron chi connectivity index (χ0n) is 21.1. The van der Waals surface area contributed by atoms with Gasteiger partial charge in [0.15, 0.2) is 0 Å². The van der Waals surface area contributed by atoms with E-state index in [4.69, 9.17) is 4.74 Å². The third kappa shape index (κ3) is 9.61. The Bertz CT molecular complexity index is 787. The van der Waals surface area contributed by atoms with Gasteiger partial charge in [-0.3, -0.25) is 9.69 Å². The monoisotopic (exact) mass is 475 g/mol. The van der Waals surface area contributed by atoms with E-state index < -0.39 is 23.8 Å². The number of ether oxygens (including phenoxy) is 1. The molecule has 0 radical (unpaired) electrons. The molecule has 1 aliphatic carbocycles. The molecule has 0 unspecified atom stereocenters. The van der Waals surface area contributed by atoms with Crippen LogP contribution in [-0.2, 0) is 16.1 Å². The van der Waals surface area contributed by atoms with Crippen LogP contribution in [0.15, 0.2) is 30.3 Å². The number of nitrogens with one attached hydrogen (secondary N) is 1. The lowest BCUT2D eigenvalue weighted by molar-refractivity contribution is -0.126. The summed E-state index contributed by atoms with van der Waals surface area (Å²) < 4.78 is 5.34. The lowest BCUT2D eigenvalue weighted by Gasteiger charge is -2.32. The molecule has 190 valence electrons. The summed E-state index contributed by atoms with van der Waals surface area (Å²) in [7, 11) is 1.66. The summed E-state index contributed by atoms with van der Waals surface area (Å²) in [4.78, 5) is 40.2. The second-order valence-electron chi connectivity index (χ2n) is 10.2. The average Bonchev–Trinajstić information content (AvgIpc) is 2.78.